The molecule has 1 aromatic heterocycles. The third kappa shape index (κ3) is 4.15. The maximum Gasteiger partial charge on any atom is 0.286 e. The SMILES string of the molecule is CCC(F)(F)C1CCCC1n1cnc(C(=O)NS(=O)(=O)c2ccccc2OC)c1Cl. The van der Waals surface area contributed by atoms with Crippen LogP contribution in [0.2, 0.25) is 5.15 Å². The number of carbonyl (C=O) groups is 1. The highest BCUT2D eigenvalue weighted by atomic mass is 35.5. The van der Waals surface area contributed by atoms with Gasteiger partial charge in [0, 0.05) is 18.4 Å². The fourth-order valence-electron chi connectivity index (χ4n) is 3.82. The van der Waals surface area contributed by atoms with Crippen LogP contribution in [0, 0.1) is 5.92 Å². The van der Waals surface area contributed by atoms with Gasteiger partial charge in [0.1, 0.15) is 15.8 Å². The van der Waals surface area contributed by atoms with Crippen LogP contribution in [0.25, 0.3) is 0 Å². The number of nitrogens with one attached hydrogen (secondary N) is 1. The summed E-state index contributed by atoms with van der Waals surface area (Å²) < 4.78 is 62.1. The summed E-state index contributed by atoms with van der Waals surface area (Å²) in [6.07, 6.45) is 2.32. The monoisotopic (exact) mass is 461 g/mol. The number of amides is 1. The summed E-state index contributed by atoms with van der Waals surface area (Å²) in [6.45, 7) is 1.42. The van der Waals surface area contributed by atoms with E-state index in [0.29, 0.717) is 19.3 Å². The van der Waals surface area contributed by atoms with Crippen molar-refractivity contribution in [2.45, 2.75) is 49.5 Å². The third-order valence-electron chi connectivity index (χ3n) is 5.38. The normalized spacial score (nSPS) is 19.6. The first-order chi connectivity index (χ1) is 14.1. The summed E-state index contributed by atoms with van der Waals surface area (Å²) in [7, 11) is -2.96. The molecule has 1 N–H and O–H groups in total. The molecule has 3 rings (SSSR count). The molecule has 1 aromatic carbocycles. The Morgan fingerprint density at radius 2 is 2.07 bits per heavy atom. The van der Waals surface area contributed by atoms with Gasteiger partial charge in [-0.05, 0) is 25.0 Å². The van der Waals surface area contributed by atoms with Crippen LogP contribution in [0.5, 0.6) is 5.75 Å². The van der Waals surface area contributed by atoms with Crippen molar-refractivity contribution in [2.75, 3.05) is 7.11 Å². The van der Waals surface area contributed by atoms with Crippen molar-refractivity contribution >= 4 is 27.5 Å². The molecule has 11 heteroatoms. The van der Waals surface area contributed by atoms with Crippen molar-refractivity contribution in [1.29, 1.82) is 0 Å². The summed E-state index contributed by atoms with van der Waals surface area (Å²) in [5, 5.41) is -0.175. The predicted molar refractivity (Wildman–Crippen MR) is 106 cm³/mol. The number of para-hydroxylation sites is 1. The zero-order valence-corrected chi connectivity index (χ0v) is 18.0. The molecule has 164 valence electrons. The Hall–Kier alpha value is -2.20. The van der Waals surface area contributed by atoms with Crippen molar-refractivity contribution < 1.29 is 26.7 Å². The molecular formula is C19H22ClF2N3O4S. The third-order valence-corrected chi connectivity index (χ3v) is 7.13. The van der Waals surface area contributed by atoms with Crippen LogP contribution in [-0.4, -0.2) is 36.9 Å². The van der Waals surface area contributed by atoms with E-state index >= 15 is 0 Å². The number of hydrogen-bond donors (Lipinski definition) is 1. The van der Waals surface area contributed by atoms with E-state index in [2.05, 4.69) is 4.98 Å². The molecule has 0 aliphatic heterocycles. The Labute approximate surface area is 178 Å². The minimum atomic E-state index is -4.27. The van der Waals surface area contributed by atoms with Crippen molar-refractivity contribution in [3.63, 3.8) is 0 Å². The van der Waals surface area contributed by atoms with Crippen LogP contribution in [0.3, 0.4) is 0 Å². The van der Waals surface area contributed by atoms with Gasteiger partial charge >= 0.3 is 0 Å². The van der Waals surface area contributed by atoms with Gasteiger partial charge in [0.2, 0.25) is 0 Å². The second-order valence-corrected chi connectivity index (χ2v) is 9.10. The minimum Gasteiger partial charge on any atom is -0.495 e. The lowest BCUT2D eigenvalue weighted by Gasteiger charge is -2.28. The molecule has 0 spiro atoms. The number of hydrogen-bond acceptors (Lipinski definition) is 5. The highest BCUT2D eigenvalue weighted by Crippen LogP contribution is 2.47. The minimum absolute atomic E-state index is 0.0602. The van der Waals surface area contributed by atoms with Gasteiger partial charge in [-0.2, -0.15) is 0 Å². The number of benzene rings is 1. The second kappa shape index (κ2) is 8.50. The quantitative estimate of drug-likeness (QED) is 0.671. The number of imidazole rings is 1. The number of methoxy groups -OCH3 is 1. The molecule has 1 amide bonds. The maximum atomic E-state index is 14.3. The number of ether oxygens (including phenoxy) is 1. The Morgan fingerprint density at radius 3 is 2.73 bits per heavy atom. The molecule has 0 radical (unpaired) electrons. The molecule has 30 heavy (non-hydrogen) atoms. The first kappa shape index (κ1) is 22.5. The first-order valence-corrected chi connectivity index (χ1v) is 11.3. The second-order valence-electron chi connectivity index (χ2n) is 7.10. The van der Waals surface area contributed by atoms with E-state index in [4.69, 9.17) is 16.3 Å². The summed E-state index contributed by atoms with van der Waals surface area (Å²) in [5.41, 5.74) is -0.347. The van der Waals surface area contributed by atoms with E-state index in [1.54, 1.807) is 6.07 Å². The van der Waals surface area contributed by atoms with E-state index in [1.807, 2.05) is 4.72 Å². The summed E-state index contributed by atoms with van der Waals surface area (Å²) in [5.74, 6) is -4.79. The average Bonchev–Trinajstić information content (AvgIpc) is 3.34. The highest BCUT2D eigenvalue weighted by molar-refractivity contribution is 7.90. The lowest BCUT2D eigenvalue weighted by atomic mass is 9.93. The zero-order valence-electron chi connectivity index (χ0n) is 16.4. The van der Waals surface area contributed by atoms with Crippen LogP contribution in [0.4, 0.5) is 8.78 Å². The van der Waals surface area contributed by atoms with E-state index in [-0.39, 0.29) is 27.9 Å². The van der Waals surface area contributed by atoms with Gasteiger partial charge in [-0.25, -0.2) is 26.9 Å². The van der Waals surface area contributed by atoms with E-state index < -0.39 is 33.8 Å². The molecule has 2 atom stereocenters. The molecule has 1 heterocycles. The van der Waals surface area contributed by atoms with Crippen LogP contribution in [-0.2, 0) is 10.0 Å². The highest BCUT2D eigenvalue weighted by Gasteiger charge is 2.46. The van der Waals surface area contributed by atoms with Crippen molar-refractivity contribution in [1.82, 2.24) is 14.3 Å². The maximum absolute atomic E-state index is 14.3. The fourth-order valence-corrected chi connectivity index (χ4v) is 5.25. The standard InChI is InChI=1S/C19H22ClF2N3O4S/c1-3-19(21,22)12-7-6-8-13(12)25-11-23-16(17(25)20)18(26)24-30(27,28)15-10-5-4-9-14(15)29-2/h4-5,9-13H,3,6-8H2,1-2H3,(H,24,26). The van der Waals surface area contributed by atoms with Crippen LogP contribution < -0.4 is 9.46 Å². The van der Waals surface area contributed by atoms with Crippen molar-refractivity contribution in [3.8, 4) is 5.75 Å². The number of carbonyl (C=O) groups excluding carboxylic acids is 1. The van der Waals surface area contributed by atoms with Crippen LogP contribution >= 0.6 is 11.6 Å². The van der Waals surface area contributed by atoms with E-state index in [0.717, 1.165) is 0 Å². The number of alkyl halides is 2. The molecule has 2 unspecified atom stereocenters. The smallest absolute Gasteiger partial charge is 0.286 e. The van der Waals surface area contributed by atoms with Gasteiger partial charge in [0.25, 0.3) is 21.9 Å². The van der Waals surface area contributed by atoms with Gasteiger partial charge in [-0.1, -0.05) is 37.1 Å². The topological polar surface area (TPSA) is 90.3 Å². The molecule has 1 aliphatic rings. The van der Waals surface area contributed by atoms with Crippen LogP contribution in [0.15, 0.2) is 35.5 Å². The van der Waals surface area contributed by atoms with Gasteiger partial charge in [-0.15, -0.1) is 0 Å². The Morgan fingerprint density at radius 1 is 1.37 bits per heavy atom. The predicted octanol–water partition coefficient (Wildman–Crippen LogP) is 4.05. The van der Waals surface area contributed by atoms with Crippen molar-refractivity contribution in [2.24, 2.45) is 5.92 Å². The largest absolute Gasteiger partial charge is 0.495 e. The molecule has 7 nitrogen and oxygen atoms in total. The fraction of sp³-hybridized carbons (Fsp3) is 0.474. The molecule has 1 saturated carbocycles. The lowest BCUT2D eigenvalue weighted by Crippen LogP contribution is -2.32. The van der Waals surface area contributed by atoms with Gasteiger partial charge < -0.3 is 9.30 Å². The number of nitrogens with zero attached hydrogens (tertiary/aromatic N) is 2. The lowest BCUT2D eigenvalue weighted by molar-refractivity contribution is -0.0722. The molecule has 2 aromatic rings. The molecular weight excluding hydrogens is 440 g/mol. The van der Waals surface area contributed by atoms with E-state index in [1.165, 1.54) is 43.1 Å². The van der Waals surface area contributed by atoms with Gasteiger partial charge in [-0.3, -0.25) is 4.79 Å². The Balaban J connectivity index is 1.86. The number of aromatic nitrogens is 2. The molecule has 0 bridgehead atoms. The van der Waals surface area contributed by atoms with Gasteiger partial charge in [0.15, 0.2) is 5.69 Å². The average molecular weight is 462 g/mol. The Bertz CT molecular complexity index is 1040. The zero-order chi connectivity index (χ0) is 22.1. The summed E-state index contributed by atoms with van der Waals surface area (Å²) >= 11 is 6.27. The van der Waals surface area contributed by atoms with Crippen molar-refractivity contribution in [3.05, 3.63) is 41.4 Å². The van der Waals surface area contributed by atoms with E-state index in [9.17, 15) is 22.0 Å². The Kier molecular flexibility index (Phi) is 6.37. The summed E-state index contributed by atoms with van der Waals surface area (Å²) in [6, 6.07) is 5.17. The number of halogens is 3. The molecule has 0 saturated heterocycles. The number of rotatable bonds is 7. The molecule has 1 fully saturated rings. The summed E-state index contributed by atoms with van der Waals surface area (Å²) in [4.78, 5) is 16.3. The first-order valence-electron chi connectivity index (χ1n) is 9.42. The molecule has 1 aliphatic carbocycles. The van der Waals surface area contributed by atoms with Gasteiger partial charge in [0.05, 0.1) is 13.4 Å². The van der Waals surface area contributed by atoms with Crippen LogP contribution in [0.1, 0.15) is 49.1 Å². The number of sulfonamides is 1.